The maximum absolute atomic E-state index is 6.77. The lowest BCUT2D eigenvalue weighted by molar-refractivity contribution is -0.0389. The van der Waals surface area contributed by atoms with E-state index in [0.29, 0.717) is 12.7 Å². The average Bonchev–Trinajstić information content (AvgIpc) is 3.40. The Morgan fingerprint density at radius 1 is 0.733 bits per heavy atom. The zero-order valence-corrected chi connectivity index (χ0v) is 16.6. The predicted molar refractivity (Wildman–Crippen MR) is 114 cm³/mol. The summed E-state index contributed by atoms with van der Waals surface area (Å²) in [6.07, 6.45) is 4.94. The highest BCUT2D eigenvalue weighted by atomic mass is 16.7. The van der Waals surface area contributed by atoms with E-state index in [1.807, 2.05) is 12.1 Å². The molecule has 0 radical (unpaired) electrons. The fourth-order valence-electron chi connectivity index (χ4n) is 5.55. The molecule has 1 aliphatic carbocycles. The number of rotatable bonds is 1. The first-order chi connectivity index (χ1) is 14.8. The second-order valence-electron chi connectivity index (χ2n) is 8.63. The van der Waals surface area contributed by atoms with Crippen molar-refractivity contribution in [3.63, 3.8) is 0 Å². The van der Waals surface area contributed by atoms with Crippen LogP contribution in [0.2, 0.25) is 0 Å². The van der Waals surface area contributed by atoms with E-state index in [1.54, 1.807) is 0 Å². The summed E-state index contributed by atoms with van der Waals surface area (Å²) in [4.78, 5) is 0. The molecule has 0 unspecified atom stereocenters. The van der Waals surface area contributed by atoms with Gasteiger partial charge in [-0.15, -0.1) is 0 Å². The van der Waals surface area contributed by atoms with Crippen molar-refractivity contribution in [1.82, 2.24) is 0 Å². The van der Waals surface area contributed by atoms with Gasteiger partial charge in [-0.3, -0.25) is 0 Å². The van der Waals surface area contributed by atoms with Crippen LogP contribution >= 0.6 is 0 Å². The van der Waals surface area contributed by atoms with Crippen molar-refractivity contribution in [2.75, 3.05) is 6.79 Å². The molecule has 0 amide bonds. The number of furan rings is 1. The summed E-state index contributed by atoms with van der Waals surface area (Å²) in [5, 5.41) is 2.28. The van der Waals surface area contributed by atoms with Crippen LogP contribution in [0.3, 0.4) is 0 Å². The van der Waals surface area contributed by atoms with Crippen LogP contribution in [0.1, 0.15) is 54.4 Å². The van der Waals surface area contributed by atoms with Gasteiger partial charge in [0.15, 0.2) is 11.5 Å². The smallest absolute Gasteiger partial charge is 0.231 e. The van der Waals surface area contributed by atoms with Gasteiger partial charge in [0.2, 0.25) is 6.79 Å². The highest BCUT2D eigenvalue weighted by Gasteiger charge is 2.39. The third kappa shape index (κ3) is 2.37. The first-order valence-electron chi connectivity index (χ1n) is 10.9. The summed E-state index contributed by atoms with van der Waals surface area (Å²) in [7, 11) is 0. The molecule has 0 spiro atoms. The topological polar surface area (TPSA) is 40.8 Å². The third-order valence-electron chi connectivity index (χ3n) is 6.98. The summed E-state index contributed by atoms with van der Waals surface area (Å²) >= 11 is 0. The Hall–Kier alpha value is -2.98. The Balaban J connectivity index is 1.42. The van der Waals surface area contributed by atoms with E-state index < -0.39 is 0 Å². The maximum Gasteiger partial charge on any atom is 0.231 e. The number of hydrogen-bond donors (Lipinski definition) is 0. The van der Waals surface area contributed by atoms with Crippen LogP contribution in [0.4, 0.5) is 0 Å². The summed E-state index contributed by atoms with van der Waals surface area (Å²) in [6.45, 7) is 0.296. The fourth-order valence-corrected chi connectivity index (χ4v) is 5.55. The Morgan fingerprint density at radius 2 is 1.53 bits per heavy atom. The van der Waals surface area contributed by atoms with Crippen molar-refractivity contribution < 1.29 is 18.6 Å². The molecule has 3 heterocycles. The van der Waals surface area contributed by atoms with Crippen molar-refractivity contribution in [3.05, 3.63) is 71.3 Å². The standard InChI is InChI=1S/C26H22O4/c1-4-8-22-16(5-1)18-12-24-25(28-14-27-24)13-20(18)26(30-22)15-9-10-23-19(11-15)17-6-2-3-7-21(17)29-23/h2-3,6-7,9-13,16,22,26H,1,4-5,8,14H2/t16-,22+,26+/m1/s1. The monoisotopic (exact) mass is 398 g/mol. The van der Waals surface area contributed by atoms with E-state index in [4.69, 9.17) is 18.6 Å². The summed E-state index contributed by atoms with van der Waals surface area (Å²) < 4.78 is 24.2. The average molecular weight is 398 g/mol. The van der Waals surface area contributed by atoms with Gasteiger partial charge in [-0.1, -0.05) is 37.1 Å². The fraction of sp³-hybridized carbons (Fsp3) is 0.308. The molecular formula is C26H22O4. The van der Waals surface area contributed by atoms with Crippen molar-refractivity contribution in [3.8, 4) is 11.5 Å². The Kier molecular flexibility index (Phi) is 3.50. The van der Waals surface area contributed by atoms with Gasteiger partial charge in [-0.05, 0) is 59.9 Å². The van der Waals surface area contributed by atoms with Gasteiger partial charge < -0.3 is 18.6 Å². The van der Waals surface area contributed by atoms with Crippen LogP contribution in [0.15, 0.2) is 59.0 Å². The van der Waals surface area contributed by atoms with Crippen LogP contribution < -0.4 is 9.47 Å². The lowest BCUT2D eigenvalue weighted by atomic mass is 9.76. The van der Waals surface area contributed by atoms with Crippen molar-refractivity contribution >= 4 is 21.9 Å². The first-order valence-corrected chi connectivity index (χ1v) is 10.9. The molecule has 3 aromatic carbocycles. The summed E-state index contributed by atoms with van der Waals surface area (Å²) in [5.41, 5.74) is 5.59. The molecule has 30 heavy (non-hydrogen) atoms. The molecule has 150 valence electrons. The van der Waals surface area contributed by atoms with Crippen LogP contribution in [0.25, 0.3) is 21.9 Å². The number of hydrogen-bond acceptors (Lipinski definition) is 4. The van der Waals surface area contributed by atoms with Crippen LogP contribution in [-0.4, -0.2) is 12.9 Å². The minimum Gasteiger partial charge on any atom is -0.456 e. The maximum atomic E-state index is 6.77. The van der Waals surface area contributed by atoms with E-state index in [2.05, 4.69) is 42.5 Å². The van der Waals surface area contributed by atoms with Crippen molar-refractivity contribution in [1.29, 1.82) is 0 Å². The minimum absolute atomic E-state index is 0.105. The highest BCUT2D eigenvalue weighted by molar-refractivity contribution is 6.05. The number of ether oxygens (including phenoxy) is 3. The molecule has 3 atom stereocenters. The number of para-hydroxylation sites is 1. The highest BCUT2D eigenvalue weighted by Crippen LogP contribution is 2.51. The van der Waals surface area contributed by atoms with Crippen molar-refractivity contribution in [2.45, 2.75) is 43.8 Å². The first kappa shape index (κ1) is 16.8. The SMILES string of the molecule is c1ccc2c(c1)oc1ccc([C@@H]3O[C@H]4CCCC[C@@H]4c4cc5c(cc43)OCO5)cc12. The van der Waals surface area contributed by atoms with Gasteiger partial charge in [0.05, 0.1) is 6.10 Å². The van der Waals surface area contributed by atoms with Crippen LogP contribution in [0, 0.1) is 0 Å². The molecule has 2 aliphatic heterocycles. The van der Waals surface area contributed by atoms with E-state index >= 15 is 0 Å². The molecule has 1 aromatic heterocycles. The van der Waals surface area contributed by atoms with Crippen molar-refractivity contribution in [2.24, 2.45) is 0 Å². The minimum atomic E-state index is -0.105. The lowest BCUT2D eigenvalue weighted by Crippen LogP contribution is -2.33. The second kappa shape index (κ2) is 6.26. The second-order valence-corrected chi connectivity index (χ2v) is 8.63. The molecule has 7 rings (SSSR count). The molecular weight excluding hydrogens is 376 g/mol. The zero-order chi connectivity index (χ0) is 19.7. The van der Waals surface area contributed by atoms with Gasteiger partial charge in [-0.25, -0.2) is 0 Å². The molecule has 1 fully saturated rings. The number of fused-ring (bicyclic) bond motifs is 7. The molecule has 0 bridgehead atoms. The summed E-state index contributed by atoms with van der Waals surface area (Å²) in [6, 6.07) is 19.0. The summed E-state index contributed by atoms with van der Waals surface area (Å²) in [5.74, 6) is 2.14. The van der Waals surface area contributed by atoms with Gasteiger partial charge in [0.25, 0.3) is 0 Å². The van der Waals surface area contributed by atoms with E-state index in [0.717, 1.165) is 45.4 Å². The Bertz CT molecular complexity index is 1290. The molecule has 1 saturated carbocycles. The number of benzene rings is 3. The third-order valence-corrected chi connectivity index (χ3v) is 6.98. The van der Waals surface area contributed by atoms with E-state index in [1.165, 1.54) is 30.4 Å². The van der Waals surface area contributed by atoms with E-state index in [-0.39, 0.29) is 12.2 Å². The van der Waals surface area contributed by atoms with Crippen LogP contribution in [-0.2, 0) is 4.74 Å². The normalized spacial score (nSPS) is 24.7. The molecule has 4 nitrogen and oxygen atoms in total. The largest absolute Gasteiger partial charge is 0.456 e. The quantitative estimate of drug-likeness (QED) is 0.369. The van der Waals surface area contributed by atoms with Gasteiger partial charge in [0.1, 0.15) is 17.3 Å². The zero-order valence-electron chi connectivity index (χ0n) is 16.6. The van der Waals surface area contributed by atoms with E-state index in [9.17, 15) is 0 Å². The molecule has 0 N–H and O–H groups in total. The molecule has 4 heteroatoms. The molecule has 4 aromatic rings. The van der Waals surface area contributed by atoms with Crippen LogP contribution in [0.5, 0.6) is 11.5 Å². The lowest BCUT2D eigenvalue weighted by Gasteiger charge is -2.41. The predicted octanol–water partition coefficient (Wildman–Crippen LogP) is 6.46. The van der Waals surface area contributed by atoms with Gasteiger partial charge >= 0.3 is 0 Å². The van der Waals surface area contributed by atoms with Gasteiger partial charge in [-0.2, -0.15) is 0 Å². The Morgan fingerprint density at radius 3 is 2.47 bits per heavy atom. The van der Waals surface area contributed by atoms with Gasteiger partial charge in [0, 0.05) is 16.7 Å². The Labute approximate surface area is 174 Å². The molecule has 3 aliphatic rings. The molecule has 0 saturated heterocycles.